The van der Waals surface area contributed by atoms with E-state index >= 15 is 0 Å². The predicted molar refractivity (Wildman–Crippen MR) is 265 cm³/mol. The largest absolute Gasteiger partial charge is 0.480 e. The third-order valence-electron chi connectivity index (χ3n) is 11.5. The molecule has 396 valence electrons. The molecule has 1 aliphatic heterocycles. The number of nitrogens with one attached hydrogen (secondary N) is 6. The number of ether oxygens (including phenoxy) is 1. The molecule has 9 atom stereocenters. The van der Waals surface area contributed by atoms with Crippen molar-refractivity contribution in [2.75, 3.05) is 13.6 Å². The van der Waals surface area contributed by atoms with Crippen molar-refractivity contribution in [3.8, 4) is 0 Å². The Labute approximate surface area is 419 Å². The molecular formula is C49H72N10O13. The fraction of sp³-hybridized carbons (Fsp3) is 0.531. The van der Waals surface area contributed by atoms with Crippen LogP contribution in [0.4, 0.5) is 0 Å². The van der Waals surface area contributed by atoms with Gasteiger partial charge in [0.2, 0.25) is 35.4 Å². The van der Waals surface area contributed by atoms with E-state index in [0.29, 0.717) is 12.0 Å². The third kappa shape index (κ3) is 21.2. The second-order valence-electron chi connectivity index (χ2n) is 18.2. The summed E-state index contributed by atoms with van der Waals surface area (Å²) in [4.78, 5) is 137. The van der Waals surface area contributed by atoms with E-state index in [4.69, 9.17) is 16.2 Å². The van der Waals surface area contributed by atoms with Crippen LogP contribution < -0.4 is 43.4 Å². The molecule has 72 heavy (non-hydrogen) atoms. The van der Waals surface area contributed by atoms with Gasteiger partial charge in [-0.1, -0.05) is 88.4 Å². The van der Waals surface area contributed by atoms with Crippen LogP contribution in [0.3, 0.4) is 0 Å². The fourth-order valence-corrected chi connectivity index (χ4v) is 7.32. The number of esters is 1. The van der Waals surface area contributed by atoms with Crippen molar-refractivity contribution < 1.29 is 62.9 Å². The molecule has 1 aliphatic rings. The van der Waals surface area contributed by atoms with Crippen LogP contribution in [0.25, 0.3) is 0 Å². The third-order valence-corrected chi connectivity index (χ3v) is 11.5. The lowest BCUT2D eigenvalue weighted by Crippen LogP contribution is -2.57. The van der Waals surface area contributed by atoms with Crippen LogP contribution in [-0.4, -0.2) is 136 Å². The lowest BCUT2D eigenvalue weighted by atomic mass is 9.94. The number of carboxylic acid groups (broad SMARTS) is 2. The van der Waals surface area contributed by atoms with Crippen molar-refractivity contribution in [2.45, 2.75) is 136 Å². The van der Waals surface area contributed by atoms with Crippen LogP contribution >= 0.6 is 0 Å². The van der Waals surface area contributed by atoms with E-state index in [2.05, 4.69) is 43.5 Å². The number of benzene rings is 1. The molecule has 0 saturated carbocycles. The van der Waals surface area contributed by atoms with Gasteiger partial charge in [-0.3, -0.25) is 43.3 Å². The van der Waals surface area contributed by atoms with E-state index < -0.39 is 132 Å². The number of allylic oxidation sites excluding steroid dienone is 2. The molecule has 0 aromatic heterocycles. The van der Waals surface area contributed by atoms with E-state index in [1.165, 1.54) is 33.9 Å². The van der Waals surface area contributed by atoms with Gasteiger partial charge >= 0.3 is 17.9 Å². The van der Waals surface area contributed by atoms with Crippen LogP contribution in [0, 0.1) is 17.8 Å². The molecule has 2 rings (SSSR count). The molecule has 1 saturated heterocycles. The molecule has 0 unspecified atom stereocenters. The van der Waals surface area contributed by atoms with Crippen molar-refractivity contribution in [3.63, 3.8) is 0 Å². The van der Waals surface area contributed by atoms with E-state index in [1.54, 1.807) is 26.8 Å². The van der Waals surface area contributed by atoms with Crippen LogP contribution in [0.15, 0.2) is 71.4 Å². The molecule has 7 amide bonds. The van der Waals surface area contributed by atoms with E-state index in [0.717, 1.165) is 10.5 Å². The summed E-state index contributed by atoms with van der Waals surface area (Å²) in [5.74, 6) is -12.0. The Morgan fingerprint density at radius 3 is 2.04 bits per heavy atom. The number of amides is 7. The summed E-state index contributed by atoms with van der Waals surface area (Å²) in [7, 11) is 1.20. The zero-order valence-electron chi connectivity index (χ0n) is 42.2. The van der Waals surface area contributed by atoms with Crippen molar-refractivity contribution in [3.05, 3.63) is 72.0 Å². The van der Waals surface area contributed by atoms with Crippen molar-refractivity contribution in [1.29, 1.82) is 0 Å². The normalized spacial score (nSPS) is 24.0. The number of carbonyl (C=O) groups excluding carboxylic acids is 8. The number of carbonyl (C=O) groups is 10. The Hall–Kier alpha value is -7.59. The van der Waals surface area contributed by atoms with Crippen molar-refractivity contribution in [1.82, 2.24) is 36.8 Å². The average molecular weight is 1010 g/mol. The molecule has 0 bridgehead atoms. The van der Waals surface area contributed by atoms with Crippen LogP contribution in [0.5, 0.6) is 0 Å². The molecule has 0 radical (unpaired) electrons. The first-order valence-corrected chi connectivity index (χ1v) is 23.6. The zero-order chi connectivity index (χ0) is 54.4. The van der Waals surface area contributed by atoms with Crippen LogP contribution in [0.1, 0.15) is 92.6 Å². The van der Waals surface area contributed by atoms with Gasteiger partial charge in [0.25, 0.3) is 5.91 Å². The number of aliphatic imine (C=N–C) groups is 1. The minimum absolute atomic E-state index is 0.00109. The number of guanidine groups is 1. The summed E-state index contributed by atoms with van der Waals surface area (Å²) in [6.45, 7) is 14.7. The number of aliphatic carboxylic acids is 2. The summed E-state index contributed by atoms with van der Waals surface area (Å²) < 4.78 is 5.67. The highest BCUT2D eigenvalue weighted by Gasteiger charge is 2.34. The molecule has 23 nitrogen and oxygen atoms in total. The van der Waals surface area contributed by atoms with E-state index in [1.807, 2.05) is 43.3 Å². The topological polar surface area (TPSA) is 360 Å². The van der Waals surface area contributed by atoms with Crippen molar-refractivity contribution >= 4 is 65.2 Å². The highest BCUT2D eigenvalue weighted by Crippen LogP contribution is 2.19. The van der Waals surface area contributed by atoms with Crippen molar-refractivity contribution in [2.24, 2.45) is 34.2 Å². The number of nitrogens with two attached hydrogens (primary N) is 2. The van der Waals surface area contributed by atoms with Gasteiger partial charge in [-0.2, -0.15) is 0 Å². The van der Waals surface area contributed by atoms with E-state index in [9.17, 15) is 58.2 Å². The summed E-state index contributed by atoms with van der Waals surface area (Å²) in [6, 6.07) is 0.514. The number of nitrogens with zero attached hydrogens (tertiary/aromatic N) is 2. The van der Waals surface area contributed by atoms with Gasteiger partial charge in [-0.15, -0.1) is 0 Å². The molecule has 1 aromatic carbocycles. The SMILES string of the molecule is C=C1C(=O)N[C@H](C)C(=O)N[C@@H](CC(C)C)C(=O)N[C@@H](C(=O)O)CC(=O)N[C@@H](CCCN=C(N)N)C(=O)N[C@@H](/C=C/C(C)=C/[C@H](C)[C@H](Cc2ccccc2)OC(C)=O)[C@H](C)C(=O)N[C@@H](C(=O)O)CCC(=O)N1C. The molecule has 12 N–H and O–H groups in total. The van der Waals surface area contributed by atoms with Gasteiger partial charge < -0.3 is 63.2 Å². The molecular weight excluding hydrogens is 937 g/mol. The Bertz CT molecular complexity index is 2230. The first-order valence-electron chi connectivity index (χ1n) is 23.6. The molecule has 0 aliphatic carbocycles. The summed E-state index contributed by atoms with van der Waals surface area (Å²) >= 11 is 0. The first kappa shape index (κ1) is 60.5. The summed E-state index contributed by atoms with van der Waals surface area (Å²) in [6.07, 6.45) is 2.83. The monoisotopic (exact) mass is 1010 g/mol. The Morgan fingerprint density at radius 2 is 1.46 bits per heavy atom. The van der Waals surface area contributed by atoms with E-state index in [-0.39, 0.29) is 43.6 Å². The molecule has 0 spiro atoms. The maximum absolute atomic E-state index is 14.3. The van der Waals surface area contributed by atoms with Crippen LogP contribution in [-0.2, 0) is 59.1 Å². The first-order chi connectivity index (χ1) is 33.7. The lowest BCUT2D eigenvalue weighted by molar-refractivity contribution is -0.148. The quantitative estimate of drug-likeness (QED) is 0.0282. The highest BCUT2D eigenvalue weighted by molar-refractivity contribution is 6.00. The number of hydrogen-bond acceptors (Lipinski definition) is 12. The Kier molecular flexibility index (Phi) is 24.9. The lowest BCUT2D eigenvalue weighted by Gasteiger charge is -2.27. The second-order valence-corrected chi connectivity index (χ2v) is 18.2. The fourth-order valence-electron chi connectivity index (χ4n) is 7.32. The molecule has 1 fully saturated rings. The number of likely N-dealkylation sites (N-methyl/N-ethyl adjacent to an activating group) is 1. The molecule has 1 heterocycles. The van der Waals surface area contributed by atoms with Gasteiger partial charge in [0.05, 0.1) is 18.4 Å². The maximum atomic E-state index is 14.3. The number of hydrogen-bond donors (Lipinski definition) is 10. The zero-order valence-corrected chi connectivity index (χ0v) is 42.2. The number of carboxylic acids is 2. The Balaban J connectivity index is 2.72. The maximum Gasteiger partial charge on any atom is 0.326 e. The molecule has 23 heteroatoms. The van der Waals surface area contributed by atoms with Gasteiger partial charge in [-0.25, -0.2) is 9.59 Å². The minimum atomic E-state index is -1.87. The summed E-state index contributed by atoms with van der Waals surface area (Å²) in [5.41, 5.74) is 12.1. The minimum Gasteiger partial charge on any atom is -0.480 e. The summed E-state index contributed by atoms with van der Waals surface area (Å²) in [5, 5.41) is 35.1. The standard InChI is InChI=1S/C49H72N10O13/c1-26(2)22-37-46(67)58-38(48(70)71)25-40(61)54-35(16-13-21-52-49(50)51)45(66)55-34(18-17-27(3)23-28(4)39(72-32(8)60)24-33-14-11-10-12-15-33)29(5)42(63)56-36(47(68)69)19-20-41(62)59(9)31(7)44(65)53-30(6)43(64)57-37/h10-12,14-15,17-18,23,26,28-30,34-39H,7,13,16,19-22,24-25H2,1-6,8-9H3,(H,53,65)(H,54,61)(H,55,66)(H,56,63)(H,57,64)(H,58,67)(H,68,69)(H,70,71)(H4,50,51,52)/b18-17+,27-23+/t28-,29-,30+,34-,35-,36+,37-,38+,39-/m0/s1. The number of rotatable bonds is 15. The molecule has 1 aromatic rings. The van der Waals surface area contributed by atoms with Crippen LogP contribution in [0.2, 0.25) is 0 Å². The second kappa shape index (κ2) is 29.6. The van der Waals surface area contributed by atoms with Gasteiger partial charge in [0, 0.05) is 39.3 Å². The van der Waals surface area contributed by atoms with Gasteiger partial charge in [-0.05, 0) is 51.0 Å². The Morgan fingerprint density at radius 1 is 0.847 bits per heavy atom. The van der Waals surface area contributed by atoms with Gasteiger partial charge in [0.1, 0.15) is 42.0 Å². The average Bonchev–Trinajstić information content (AvgIpc) is 3.30. The highest BCUT2D eigenvalue weighted by atomic mass is 16.5. The van der Waals surface area contributed by atoms with Gasteiger partial charge in [0.15, 0.2) is 5.96 Å². The predicted octanol–water partition coefficient (Wildman–Crippen LogP) is 0.289. The smallest absolute Gasteiger partial charge is 0.326 e.